The van der Waals surface area contributed by atoms with Gasteiger partial charge in [-0.15, -0.1) is 11.3 Å². The minimum absolute atomic E-state index is 0.0220. The smallest absolute Gasteiger partial charge is 0.245 e. The molecule has 2 heterocycles. The van der Waals surface area contributed by atoms with Gasteiger partial charge < -0.3 is 15.0 Å². The van der Waals surface area contributed by atoms with Crippen LogP contribution in [0.3, 0.4) is 0 Å². The highest BCUT2D eigenvalue weighted by atomic mass is 32.1. The summed E-state index contributed by atoms with van der Waals surface area (Å²) in [5.74, 6) is 0.0882. The van der Waals surface area contributed by atoms with Gasteiger partial charge in [-0.05, 0) is 12.8 Å². The first-order chi connectivity index (χ1) is 11.9. The number of hydrogen-bond donors (Lipinski definition) is 1. The molecule has 8 heteroatoms. The second kappa shape index (κ2) is 9.84. The van der Waals surface area contributed by atoms with Crippen molar-refractivity contribution in [2.75, 3.05) is 51.3 Å². The van der Waals surface area contributed by atoms with E-state index in [1.165, 1.54) is 11.3 Å². The van der Waals surface area contributed by atoms with Crippen LogP contribution in [0.25, 0.3) is 0 Å². The Morgan fingerprint density at radius 2 is 2.12 bits per heavy atom. The number of carbonyl (C=O) groups excluding carboxylic acids is 2. The van der Waals surface area contributed by atoms with Crippen LogP contribution in [0.1, 0.15) is 26.0 Å². The zero-order valence-electron chi connectivity index (χ0n) is 15.3. The maximum absolute atomic E-state index is 12.5. The normalized spacial score (nSPS) is 15.4. The van der Waals surface area contributed by atoms with Crippen molar-refractivity contribution in [3.05, 3.63) is 11.1 Å². The molecule has 0 radical (unpaired) electrons. The molecule has 0 aliphatic carbocycles. The Labute approximate surface area is 153 Å². The second-order valence-electron chi connectivity index (χ2n) is 6.71. The fourth-order valence-electron chi connectivity index (χ4n) is 2.60. The largest absolute Gasteiger partial charge is 0.379 e. The van der Waals surface area contributed by atoms with E-state index in [9.17, 15) is 9.59 Å². The standard InChI is InChI=1S/C17H28N4O3S/c1-13(2)10-16(23)21(5-4-20-6-8-24-9-7-20)11-15(22)19-17-18-14(3)12-25-17/h12-13H,4-11H2,1-3H3,(H,18,19,22). The number of hydrogen-bond acceptors (Lipinski definition) is 6. The number of nitrogens with one attached hydrogen (secondary N) is 1. The van der Waals surface area contributed by atoms with Gasteiger partial charge in [-0.25, -0.2) is 4.98 Å². The predicted molar refractivity (Wildman–Crippen MR) is 98.8 cm³/mol. The van der Waals surface area contributed by atoms with Crippen molar-refractivity contribution in [2.24, 2.45) is 5.92 Å². The van der Waals surface area contributed by atoms with E-state index in [0.717, 1.165) is 38.5 Å². The lowest BCUT2D eigenvalue weighted by molar-refractivity contribution is -0.135. The van der Waals surface area contributed by atoms with Crippen molar-refractivity contribution in [3.63, 3.8) is 0 Å². The first-order valence-electron chi connectivity index (χ1n) is 8.74. The van der Waals surface area contributed by atoms with Gasteiger partial charge in [0.05, 0.1) is 25.5 Å². The van der Waals surface area contributed by atoms with E-state index in [0.29, 0.717) is 18.1 Å². The molecule has 1 saturated heterocycles. The highest BCUT2D eigenvalue weighted by Crippen LogP contribution is 2.14. The van der Waals surface area contributed by atoms with Gasteiger partial charge in [-0.1, -0.05) is 13.8 Å². The molecule has 0 unspecified atom stereocenters. The van der Waals surface area contributed by atoms with E-state index in [4.69, 9.17) is 4.74 Å². The van der Waals surface area contributed by atoms with Crippen LogP contribution in [-0.2, 0) is 14.3 Å². The van der Waals surface area contributed by atoms with Crippen molar-refractivity contribution < 1.29 is 14.3 Å². The van der Waals surface area contributed by atoms with E-state index in [1.807, 2.05) is 26.2 Å². The summed E-state index contributed by atoms with van der Waals surface area (Å²) in [6.45, 7) is 10.5. The molecule has 1 aromatic rings. The Kier molecular flexibility index (Phi) is 7.80. The first kappa shape index (κ1) is 19.8. The molecule has 1 aromatic heterocycles. The highest BCUT2D eigenvalue weighted by molar-refractivity contribution is 7.13. The number of thiazole rings is 1. The molecular weight excluding hydrogens is 340 g/mol. The Balaban J connectivity index is 1.90. The van der Waals surface area contributed by atoms with Crippen LogP contribution >= 0.6 is 11.3 Å². The third-order valence-corrected chi connectivity index (χ3v) is 4.80. The highest BCUT2D eigenvalue weighted by Gasteiger charge is 2.20. The molecule has 1 N–H and O–H groups in total. The van der Waals surface area contributed by atoms with Gasteiger partial charge in [0.15, 0.2) is 5.13 Å². The number of amides is 2. The molecule has 0 bridgehead atoms. The molecular formula is C17H28N4O3S. The molecule has 2 rings (SSSR count). The minimum Gasteiger partial charge on any atom is -0.379 e. The zero-order valence-corrected chi connectivity index (χ0v) is 16.1. The third-order valence-electron chi connectivity index (χ3n) is 3.93. The molecule has 0 atom stereocenters. The van der Waals surface area contributed by atoms with E-state index in [2.05, 4.69) is 15.2 Å². The molecule has 0 saturated carbocycles. The van der Waals surface area contributed by atoms with Gasteiger partial charge in [0.1, 0.15) is 0 Å². The number of anilines is 1. The fraction of sp³-hybridized carbons (Fsp3) is 0.706. The summed E-state index contributed by atoms with van der Waals surface area (Å²) in [6.07, 6.45) is 0.451. The topological polar surface area (TPSA) is 74.8 Å². The molecule has 140 valence electrons. The number of morpholine rings is 1. The maximum Gasteiger partial charge on any atom is 0.245 e. The van der Waals surface area contributed by atoms with E-state index < -0.39 is 0 Å². The third kappa shape index (κ3) is 7.09. The lowest BCUT2D eigenvalue weighted by atomic mass is 10.1. The van der Waals surface area contributed by atoms with E-state index in [-0.39, 0.29) is 24.3 Å². The summed E-state index contributed by atoms with van der Waals surface area (Å²) in [5.41, 5.74) is 0.875. The lowest BCUT2D eigenvalue weighted by Gasteiger charge is -2.30. The molecule has 1 aliphatic rings. The number of rotatable bonds is 8. The molecule has 7 nitrogen and oxygen atoms in total. The maximum atomic E-state index is 12.5. The number of aromatic nitrogens is 1. The SMILES string of the molecule is Cc1csc(NC(=O)CN(CCN2CCOCC2)C(=O)CC(C)C)n1. The van der Waals surface area contributed by atoms with Crippen molar-refractivity contribution in [3.8, 4) is 0 Å². The Morgan fingerprint density at radius 3 is 2.72 bits per heavy atom. The van der Waals surface area contributed by atoms with Gasteiger partial charge >= 0.3 is 0 Å². The fourth-order valence-corrected chi connectivity index (χ4v) is 3.31. The van der Waals surface area contributed by atoms with Gasteiger partial charge in [0, 0.05) is 38.0 Å². The number of ether oxygens (including phenoxy) is 1. The van der Waals surface area contributed by atoms with E-state index in [1.54, 1.807) is 4.90 Å². The Hall–Kier alpha value is -1.51. The summed E-state index contributed by atoms with van der Waals surface area (Å²) < 4.78 is 5.35. The summed E-state index contributed by atoms with van der Waals surface area (Å²) in [5, 5.41) is 5.24. The zero-order chi connectivity index (χ0) is 18.2. The van der Waals surface area contributed by atoms with Crippen LogP contribution in [0.4, 0.5) is 5.13 Å². The number of carbonyl (C=O) groups is 2. The molecule has 1 fully saturated rings. The quantitative estimate of drug-likeness (QED) is 0.754. The first-order valence-corrected chi connectivity index (χ1v) is 9.62. The van der Waals surface area contributed by atoms with Crippen LogP contribution in [0, 0.1) is 12.8 Å². The van der Waals surface area contributed by atoms with Gasteiger partial charge in [-0.3, -0.25) is 14.5 Å². The van der Waals surface area contributed by atoms with Crippen molar-refractivity contribution in [1.82, 2.24) is 14.8 Å². The minimum atomic E-state index is -0.201. The second-order valence-corrected chi connectivity index (χ2v) is 7.57. The van der Waals surface area contributed by atoms with Gasteiger partial charge in [-0.2, -0.15) is 0 Å². The average Bonchev–Trinajstić information content (AvgIpc) is 2.96. The number of aryl methyl sites for hydroxylation is 1. The van der Waals surface area contributed by atoms with Crippen molar-refractivity contribution in [2.45, 2.75) is 27.2 Å². The van der Waals surface area contributed by atoms with Crippen LogP contribution < -0.4 is 5.32 Å². The van der Waals surface area contributed by atoms with Crippen LogP contribution in [0.2, 0.25) is 0 Å². The molecule has 0 aromatic carbocycles. The molecule has 0 spiro atoms. The lowest BCUT2D eigenvalue weighted by Crippen LogP contribution is -2.45. The van der Waals surface area contributed by atoms with Crippen molar-refractivity contribution in [1.29, 1.82) is 0 Å². The predicted octanol–water partition coefficient (Wildman–Crippen LogP) is 1.60. The average molecular weight is 369 g/mol. The van der Waals surface area contributed by atoms with Gasteiger partial charge in [0.2, 0.25) is 11.8 Å². The van der Waals surface area contributed by atoms with Crippen LogP contribution in [-0.4, -0.2) is 72.5 Å². The molecule has 1 aliphatic heterocycles. The summed E-state index contributed by atoms with van der Waals surface area (Å²) in [4.78, 5) is 33.0. The summed E-state index contributed by atoms with van der Waals surface area (Å²) >= 11 is 1.39. The van der Waals surface area contributed by atoms with Crippen LogP contribution in [0.15, 0.2) is 5.38 Å². The molecule has 2 amide bonds. The Morgan fingerprint density at radius 1 is 1.40 bits per heavy atom. The summed E-state index contributed by atoms with van der Waals surface area (Å²) in [6, 6.07) is 0. The van der Waals surface area contributed by atoms with Gasteiger partial charge in [0.25, 0.3) is 0 Å². The monoisotopic (exact) mass is 368 g/mol. The van der Waals surface area contributed by atoms with Crippen molar-refractivity contribution >= 4 is 28.3 Å². The molecule has 25 heavy (non-hydrogen) atoms. The Bertz CT molecular complexity index is 570. The van der Waals surface area contributed by atoms with Crippen LogP contribution in [0.5, 0.6) is 0 Å². The van der Waals surface area contributed by atoms with E-state index >= 15 is 0 Å². The summed E-state index contributed by atoms with van der Waals surface area (Å²) in [7, 11) is 0. The number of nitrogens with zero attached hydrogens (tertiary/aromatic N) is 3.